The Morgan fingerprint density at radius 3 is 2.31 bits per heavy atom. The molecule has 2 aromatic rings. The lowest BCUT2D eigenvalue weighted by atomic mass is 10.1. The van der Waals surface area contributed by atoms with Crippen LogP contribution in [0.2, 0.25) is 0 Å². The Labute approximate surface area is 207 Å². The van der Waals surface area contributed by atoms with Crippen LogP contribution < -0.4 is 29.7 Å². The summed E-state index contributed by atoms with van der Waals surface area (Å²) in [5.41, 5.74) is 3.08. The van der Waals surface area contributed by atoms with Crippen LogP contribution in [0.4, 0.5) is 5.69 Å². The molecule has 12 heteroatoms. The van der Waals surface area contributed by atoms with Gasteiger partial charge in [-0.15, -0.1) is 0 Å². The summed E-state index contributed by atoms with van der Waals surface area (Å²) in [7, 11) is 5.85. The highest BCUT2D eigenvalue weighted by molar-refractivity contribution is 5.97. The Morgan fingerprint density at radius 1 is 0.917 bits per heavy atom. The van der Waals surface area contributed by atoms with Gasteiger partial charge in [0.2, 0.25) is 5.91 Å². The first-order chi connectivity index (χ1) is 17.3. The number of amides is 3. The molecule has 2 N–H and O–H groups in total. The Kier molecular flexibility index (Phi) is 8.55. The minimum atomic E-state index is -0.841. The zero-order chi connectivity index (χ0) is 26.2. The summed E-state index contributed by atoms with van der Waals surface area (Å²) in [6.45, 7) is -0.651. The number of esters is 1. The molecule has 0 aromatic heterocycles. The van der Waals surface area contributed by atoms with E-state index in [1.807, 2.05) is 0 Å². The molecule has 0 radical (unpaired) electrons. The molecule has 12 nitrogen and oxygen atoms in total. The van der Waals surface area contributed by atoms with Gasteiger partial charge >= 0.3 is 5.97 Å². The summed E-state index contributed by atoms with van der Waals surface area (Å²) < 4.78 is 25.7. The highest BCUT2D eigenvalue weighted by atomic mass is 16.5. The predicted molar refractivity (Wildman–Crippen MR) is 126 cm³/mol. The summed E-state index contributed by atoms with van der Waals surface area (Å²) in [5.74, 6) is -1.47. The van der Waals surface area contributed by atoms with Crippen molar-refractivity contribution in [2.45, 2.75) is 6.42 Å². The number of hydrazine groups is 1. The summed E-state index contributed by atoms with van der Waals surface area (Å²) in [5, 5.41) is 3.64. The lowest BCUT2D eigenvalue weighted by Gasteiger charge is -2.18. The second kappa shape index (κ2) is 11.8. The Morgan fingerprint density at radius 2 is 1.64 bits per heavy atom. The van der Waals surface area contributed by atoms with Gasteiger partial charge in [0.05, 0.1) is 46.6 Å². The number of hydrogen-bond acceptors (Lipinski definition) is 9. The number of nitrogens with zero attached hydrogens (tertiary/aromatic N) is 1. The summed E-state index contributed by atoms with van der Waals surface area (Å²) in [6.07, 6.45) is -0.168. The number of rotatable bonds is 10. The largest absolute Gasteiger partial charge is 0.497 e. The maximum atomic E-state index is 12.6. The Hall–Kier alpha value is -4.48. The molecule has 1 atom stereocenters. The molecular weight excluding hydrogens is 474 g/mol. The molecule has 3 rings (SSSR count). The van der Waals surface area contributed by atoms with E-state index in [2.05, 4.69) is 10.7 Å². The van der Waals surface area contributed by atoms with Crippen molar-refractivity contribution in [3.63, 3.8) is 0 Å². The van der Waals surface area contributed by atoms with Gasteiger partial charge in [0.25, 0.3) is 11.8 Å². The molecule has 0 bridgehead atoms. The average Bonchev–Trinajstić information content (AvgIpc) is 3.26. The second-order valence-electron chi connectivity index (χ2n) is 7.64. The van der Waals surface area contributed by atoms with Gasteiger partial charge in [0.1, 0.15) is 11.5 Å². The third-order valence-corrected chi connectivity index (χ3v) is 5.37. The van der Waals surface area contributed by atoms with Crippen LogP contribution in [0, 0.1) is 5.92 Å². The number of nitrogens with one attached hydrogen (secondary N) is 2. The molecule has 2 aromatic carbocycles. The molecule has 1 aliphatic rings. The van der Waals surface area contributed by atoms with Gasteiger partial charge in [-0.25, -0.2) is 0 Å². The number of ether oxygens (including phenoxy) is 5. The van der Waals surface area contributed by atoms with Crippen molar-refractivity contribution in [3.05, 3.63) is 42.0 Å². The van der Waals surface area contributed by atoms with Crippen LogP contribution in [0.25, 0.3) is 0 Å². The molecule has 1 saturated heterocycles. The first-order valence-electron chi connectivity index (χ1n) is 10.8. The highest BCUT2D eigenvalue weighted by Gasteiger charge is 2.37. The van der Waals surface area contributed by atoms with Crippen LogP contribution in [-0.4, -0.2) is 70.3 Å². The van der Waals surface area contributed by atoms with Gasteiger partial charge in [-0.05, 0) is 30.3 Å². The molecule has 0 saturated carbocycles. The molecule has 1 aliphatic heterocycles. The van der Waals surface area contributed by atoms with Gasteiger partial charge in [-0.3, -0.25) is 29.6 Å². The fourth-order valence-electron chi connectivity index (χ4n) is 3.48. The minimum absolute atomic E-state index is 0.0926. The zero-order valence-corrected chi connectivity index (χ0v) is 20.3. The van der Waals surface area contributed by atoms with Crippen molar-refractivity contribution in [1.82, 2.24) is 10.4 Å². The van der Waals surface area contributed by atoms with Gasteiger partial charge in [0, 0.05) is 18.1 Å². The van der Waals surface area contributed by atoms with Crippen molar-refractivity contribution in [1.29, 1.82) is 0 Å². The fraction of sp³-hybridized carbons (Fsp3) is 0.333. The SMILES string of the molecule is COc1ccc(NC(=O)COC(=O)[C@H]2CC(=O)N(NC(=O)c3ccc(OC)c(OC)c3)C2)c(OC)c1. The molecular formula is C24H27N3O9. The minimum Gasteiger partial charge on any atom is -0.497 e. The maximum Gasteiger partial charge on any atom is 0.311 e. The van der Waals surface area contributed by atoms with Gasteiger partial charge in [0.15, 0.2) is 18.1 Å². The van der Waals surface area contributed by atoms with E-state index in [1.165, 1.54) is 40.6 Å². The molecule has 36 heavy (non-hydrogen) atoms. The molecule has 192 valence electrons. The molecule has 3 amide bonds. The van der Waals surface area contributed by atoms with E-state index in [0.29, 0.717) is 28.7 Å². The van der Waals surface area contributed by atoms with Crippen LogP contribution in [0.3, 0.4) is 0 Å². The van der Waals surface area contributed by atoms with Crippen molar-refractivity contribution in [3.8, 4) is 23.0 Å². The highest BCUT2D eigenvalue weighted by Crippen LogP contribution is 2.29. The standard InChI is InChI=1S/C24H27N3O9/c1-32-16-6-7-17(19(11-16)34-3)25-21(28)13-36-24(31)15-10-22(29)27(12-15)26-23(30)14-5-8-18(33-2)20(9-14)35-4/h5-9,11,15H,10,12-13H2,1-4H3,(H,25,28)(H,26,30)/t15-/m0/s1. The molecule has 0 aliphatic carbocycles. The Bertz CT molecular complexity index is 1150. The number of benzene rings is 2. The van der Waals surface area contributed by atoms with Crippen LogP contribution >= 0.6 is 0 Å². The third kappa shape index (κ3) is 6.14. The van der Waals surface area contributed by atoms with E-state index < -0.39 is 36.2 Å². The smallest absolute Gasteiger partial charge is 0.311 e. The summed E-state index contributed by atoms with van der Waals surface area (Å²) >= 11 is 0. The number of carbonyl (C=O) groups is 4. The topological polar surface area (TPSA) is 142 Å². The van der Waals surface area contributed by atoms with Crippen molar-refractivity contribution in [2.24, 2.45) is 5.92 Å². The fourth-order valence-corrected chi connectivity index (χ4v) is 3.48. The van der Waals surface area contributed by atoms with Crippen molar-refractivity contribution < 1.29 is 42.9 Å². The predicted octanol–water partition coefficient (Wildman–Crippen LogP) is 1.40. The quantitative estimate of drug-likeness (QED) is 0.462. The lowest BCUT2D eigenvalue weighted by molar-refractivity contribution is -0.151. The van der Waals surface area contributed by atoms with Gasteiger partial charge < -0.3 is 29.0 Å². The van der Waals surface area contributed by atoms with Crippen LogP contribution in [0.1, 0.15) is 16.8 Å². The van der Waals surface area contributed by atoms with E-state index in [1.54, 1.807) is 24.3 Å². The van der Waals surface area contributed by atoms with E-state index >= 15 is 0 Å². The monoisotopic (exact) mass is 501 g/mol. The van der Waals surface area contributed by atoms with E-state index in [-0.39, 0.29) is 18.5 Å². The van der Waals surface area contributed by atoms with Crippen molar-refractivity contribution >= 4 is 29.4 Å². The zero-order valence-electron chi connectivity index (χ0n) is 20.3. The van der Waals surface area contributed by atoms with E-state index in [4.69, 9.17) is 23.7 Å². The average molecular weight is 501 g/mol. The lowest BCUT2D eigenvalue weighted by Crippen LogP contribution is -2.43. The molecule has 1 fully saturated rings. The maximum absolute atomic E-state index is 12.6. The van der Waals surface area contributed by atoms with Crippen LogP contribution in [-0.2, 0) is 19.1 Å². The molecule has 1 heterocycles. The summed E-state index contributed by atoms with van der Waals surface area (Å²) in [6, 6.07) is 9.37. The second-order valence-corrected chi connectivity index (χ2v) is 7.64. The van der Waals surface area contributed by atoms with Crippen molar-refractivity contribution in [2.75, 3.05) is 46.9 Å². The normalized spacial score (nSPS) is 14.6. The number of hydrogen-bond donors (Lipinski definition) is 2. The van der Waals surface area contributed by atoms with Crippen LogP contribution in [0.15, 0.2) is 36.4 Å². The first-order valence-corrected chi connectivity index (χ1v) is 10.8. The third-order valence-electron chi connectivity index (χ3n) is 5.37. The number of anilines is 1. The van der Waals surface area contributed by atoms with E-state index in [9.17, 15) is 19.2 Å². The van der Waals surface area contributed by atoms with Gasteiger partial charge in [-0.2, -0.15) is 0 Å². The Balaban J connectivity index is 1.52. The summed E-state index contributed by atoms with van der Waals surface area (Å²) in [4.78, 5) is 49.6. The number of carbonyl (C=O) groups excluding carboxylic acids is 4. The molecule has 0 spiro atoms. The first kappa shape index (κ1) is 26.1. The van der Waals surface area contributed by atoms with Gasteiger partial charge in [-0.1, -0.05) is 0 Å². The number of methoxy groups -OCH3 is 4. The molecule has 0 unspecified atom stereocenters. The van der Waals surface area contributed by atoms with E-state index in [0.717, 1.165) is 5.01 Å². The van der Waals surface area contributed by atoms with Crippen LogP contribution in [0.5, 0.6) is 23.0 Å².